The number of likely N-dealkylation sites (N-methyl/N-ethyl adjacent to an activating group) is 1. The number of para-hydroxylation sites is 1. The molecule has 0 aliphatic carbocycles. The highest BCUT2D eigenvalue weighted by Gasteiger charge is 2.25. The summed E-state index contributed by atoms with van der Waals surface area (Å²) in [6.07, 6.45) is 2.36. The van der Waals surface area contributed by atoms with Crippen LogP contribution in [0, 0.1) is 0 Å². The van der Waals surface area contributed by atoms with Crippen molar-refractivity contribution in [3.63, 3.8) is 0 Å². The van der Waals surface area contributed by atoms with E-state index in [-0.39, 0.29) is 5.91 Å². The first-order valence-electron chi connectivity index (χ1n) is 7.89. The van der Waals surface area contributed by atoms with E-state index in [0.29, 0.717) is 18.5 Å². The van der Waals surface area contributed by atoms with Gasteiger partial charge in [-0.2, -0.15) is 0 Å². The number of hydrogen-bond donors (Lipinski definition) is 2. The van der Waals surface area contributed by atoms with Crippen LogP contribution in [0.15, 0.2) is 24.3 Å². The molecule has 4 heteroatoms. The Hall–Kier alpha value is -1.39. The standard InChI is InChI=1S/C17H27N3O/c1-13(2)15-8-4-5-9-16(15)19-17(21)12-20-10-6-7-14(20)11-18-3/h4-5,8-9,13-14,18H,6-7,10-12H2,1-3H3,(H,19,21). The minimum atomic E-state index is 0.0890. The van der Waals surface area contributed by atoms with E-state index in [2.05, 4.69) is 35.4 Å². The number of nitrogens with one attached hydrogen (secondary N) is 2. The molecule has 21 heavy (non-hydrogen) atoms. The third-order valence-electron chi connectivity index (χ3n) is 4.14. The number of nitrogens with zero attached hydrogens (tertiary/aromatic N) is 1. The SMILES string of the molecule is CNCC1CCCN1CC(=O)Nc1ccccc1C(C)C. The van der Waals surface area contributed by atoms with Crippen molar-refractivity contribution in [3.05, 3.63) is 29.8 Å². The van der Waals surface area contributed by atoms with Gasteiger partial charge in [-0.15, -0.1) is 0 Å². The molecule has 0 radical (unpaired) electrons. The second-order valence-electron chi connectivity index (χ2n) is 6.11. The summed E-state index contributed by atoms with van der Waals surface area (Å²) in [5, 5.41) is 6.29. The number of rotatable bonds is 6. The average Bonchev–Trinajstić information content (AvgIpc) is 2.86. The van der Waals surface area contributed by atoms with Gasteiger partial charge in [-0.05, 0) is 44.0 Å². The average molecular weight is 289 g/mol. The molecule has 1 aromatic carbocycles. The monoisotopic (exact) mass is 289 g/mol. The number of hydrogen-bond acceptors (Lipinski definition) is 3. The molecule has 4 nitrogen and oxygen atoms in total. The number of carbonyl (C=O) groups is 1. The summed E-state index contributed by atoms with van der Waals surface area (Å²) in [6, 6.07) is 8.55. The Morgan fingerprint density at radius 2 is 2.14 bits per heavy atom. The minimum absolute atomic E-state index is 0.0890. The summed E-state index contributed by atoms with van der Waals surface area (Å²) >= 11 is 0. The highest BCUT2D eigenvalue weighted by atomic mass is 16.2. The fraction of sp³-hybridized carbons (Fsp3) is 0.588. The number of anilines is 1. The Balaban J connectivity index is 1.96. The first-order chi connectivity index (χ1) is 10.1. The predicted molar refractivity (Wildman–Crippen MR) is 87.7 cm³/mol. The van der Waals surface area contributed by atoms with E-state index >= 15 is 0 Å². The molecule has 0 aromatic heterocycles. The van der Waals surface area contributed by atoms with Crippen LogP contribution >= 0.6 is 0 Å². The van der Waals surface area contributed by atoms with Gasteiger partial charge in [0.15, 0.2) is 0 Å². The molecule has 0 spiro atoms. The zero-order chi connectivity index (χ0) is 15.2. The first kappa shape index (κ1) is 16.0. The van der Waals surface area contributed by atoms with Crippen molar-refractivity contribution in [2.24, 2.45) is 0 Å². The molecule has 1 aromatic rings. The second kappa shape index (κ2) is 7.57. The summed E-state index contributed by atoms with van der Waals surface area (Å²) in [6.45, 7) is 6.75. The zero-order valence-electron chi connectivity index (χ0n) is 13.4. The maximum atomic E-state index is 12.3. The van der Waals surface area contributed by atoms with E-state index in [0.717, 1.165) is 18.8 Å². The minimum Gasteiger partial charge on any atom is -0.325 e. The topological polar surface area (TPSA) is 44.4 Å². The van der Waals surface area contributed by atoms with Crippen LogP contribution in [0.25, 0.3) is 0 Å². The van der Waals surface area contributed by atoms with Crippen molar-refractivity contribution in [1.82, 2.24) is 10.2 Å². The van der Waals surface area contributed by atoms with Crippen molar-refractivity contribution in [1.29, 1.82) is 0 Å². The van der Waals surface area contributed by atoms with Gasteiger partial charge in [0, 0.05) is 18.3 Å². The van der Waals surface area contributed by atoms with Crippen molar-refractivity contribution < 1.29 is 4.79 Å². The third-order valence-corrected chi connectivity index (χ3v) is 4.14. The van der Waals surface area contributed by atoms with Crippen LogP contribution in [-0.4, -0.2) is 43.5 Å². The molecule has 2 rings (SSSR count). The van der Waals surface area contributed by atoms with E-state index in [1.165, 1.54) is 18.4 Å². The lowest BCUT2D eigenvalue weighted by atomic mass is 10.0. The molecule has 2 N–H and O–H groups in total. The molecule has 1 unspecified atom stereocenters. The summed E-state index contributed by atoms with van der Waals surface area (Å²) in [4.78, 5) is 14.6. The van der Waals surface area contributed by atoms with Gasteiger partial charge < -0.3 is 10.6 Å². The van der Waals surface area contributed by atoms with Crippen LogP contribution in [0.1, 0.15) is 38.2 Å². The van der Waals surface area contributed by atoms with Crippen LogP contribution < -0.4 is 10.6 Å². The maximum absolute atomic E-state index is 12.3. The van der Waals surface area contributed by atoms with E-state index in [9.17, 15) is 4.79 Å². The normalized spacial score (nSPS) is 19.1. The Kier molecular flexibility index (Phi) is 5.76. The number of amides is 1. The molecule has 1 aliphatic heterocycles. The fourth-order valence-corrected chi connectivity index (χ4v) is 3.06. The molecule has 1 atom stereocenters. The van der Waals surface area contributed by atoms with Gasteiger partial charge in [0.25, 0.3) is 0 Å². The lowest BCUT2D eigenvalue weighted by molar-refractivity contribution is -0.117. The van der Waals surface area contributed by atoms with Crippen LogP contribution in [-0.2, 0) is 4.79 Å². The van der Waals surface area contributed by atoms with Gasteiger partial charge in [0.1, 0.15) is 0 Å². The molecular formula is C17H27N3O. The van der Waals surface area contributed by atoms with Gasteiger partial charge in [0.2, 0.25) is 5.91 Å². The quantitative estimate of drug-likeness (QED) is 0.845. The summed E-state index contributed by atoms with van der Waals surface area (Å²) < 4.78 is 0. The number of carbonyl (C=O) groups excluding carboxylic acids is 1. The van der Waals surface area contributed by atoms with E-state index < -0.39 is 0 Å². The Bertz CT molecular complexity index is 473. The predicted octanol–water partition coefficient (Wildman–Crippen LogP) is 2.43. The van der Waals surface area contributed by atoms with E-state index in [1.807, 2.05) is 25.2 Å². The lowest BCUT2D eigenvalue weighted by Gasteiger charge is -2.24. The van der Waals surface area contributed by atoms with Crippen molar-refractivity contribution in [2.75, 3.05) is 32.0 Å². The highest BCUT2D eigenvalue weighted by Crippen LogP contribution is 2.24. The molecule has 1 saturated heterocycles. The molecule has 1 heterocycles. The lowest BCUT2D eigenvalue weighted by Crippen LogP contribution is -2.41. The summed E-state index contributed by atoms with van der Waals surface area (Å²) in [5.74, 6) is 0.497. The Labute approximate surface area is 127 Å². The van der Waals surface area contributed by atoms with Gasteiger partial charge in [0.05, 0.1) is 6.54 Å². The van der Waals surface area contributed by atoms with Crippen LogP contribution in [0.3, 0.4) is 0 Å². The van der Waals surface area contributed by atoms with Gasteiger partial charge >= 0.3 is 0 Å². The van der Waals surface area contributed by atoms with Crippen LogP contribution in [0.5, 0.6) is 0 Å². The van der Waals surface area contributed by atoms with Gasteiger partial charge in [-0.3, -0.25) is 9.69 Å². The highest BCUT2D eigenvalue weighted by molar-refractivity contribution is 5.93. The maximum Gasteiger partial charge on any atom is 0.238 e. The first-order valence-corrected chi connectivity index (χ1v) is 7.89. The van der Waals surface area contributed by atoms with Crippen LogP contribution in [0.4, 0.5) is 5.69 Å². The fourth-order valence-electron chi connectivity index (χ4n) is 3.06. The Morgan fingerprint density at radius 3 is 2.86 bits per heavy atom. The Morgan fingerprint density at radius 1 is 1.38 bits per heavy atom. The molecule has 0 bridgehead atoms. The summed E-state index contributed by atoms with van der Waals surface area (Å²) in [7, 11) is 1.97. The second-order valence-corrected chi connectivity index (χ2v) is 6.11. The van der Waals surface area contributed by atoms with Crippen molar-refractivity contribution in [2.45, 2.75) is 38.6 Å². The largest absolute Gasteiger partial charge is 0.325 e. The van der Waals surface area contributed by atoms with E-state index in [1.54, 1.807) is 0 Å². The molecule has 1 amide bonds. The molecule has 0 saturated carbocycles. The molecule has 116 valence electrons. The zero-order valence-corrected chi connectivity index (χ0v) is 13.4. The summed E-state index contributed by atoms with van der Waals surface area (Å²) in [5.41, 5.74) is 2.14. The molecule has 1 aliphatic rings. The number of likely N-dealkylation sites (tertiary alicyclic amines) is 1. The molecule has 1 fully saturated rings. The van der Waals surface area contributed by atoms with Crippen molar-refractivity contribution >= 4 is 11.6 Å². The number of benzene rings is 1. The smallest absolute Gasteiger partial charge is 0.238 e. The van der Waals surface area contributed by atoms with Crippen molar-refractivity contribution in [3.8, 4) is 0 Å². The molecular weight excluding hydrogens is 262 g/mol. The van der Waals surface area contributed by atoms with Crippen LogP contribution in [0.2, 0.25) is 0 Å². The van der Waals surface area contributed by atoms with Gasteiger partial charge in [-0.25, -0.2) is 0 Å². The van der Waals surface area contributed by atoms with E-state index in [4.69, 9.17) is 0 Å². The third kappa shape index (κ3) is 4.29. The van der Waals surface area contributed by atoms with Gasteiger partial charge in [-0.1, -0.05) is 32.0 Å².